The molecule has 0 spiro atoms. The number of rotatable bonds is 1. The van der Waals surface area contributed by atoms with Crippen molar-refractivity contribution in [1.29, 1.82) is 0 Å². The van der Waals surface area contributed by atoms with E-state index in [0.29, 0.717) is 17.8 Å². The molecule has 0 aliphatic carbocycles. The van der Waals surface area contributed by atoms with Gasteiger partial charge in [-0.05, 0) is 24.3 Å². The first-order chi connectivity index (χ1) is 10.2. The maximum atomic E-state index is 12.8. The second-order valence-corrected chi connectivity index (χ2v) is 5.19. The number of amides is 2. The Labute approximate surface area is 123 Å². The van der Waals surface area contributed by atoms with Crippen LogP contribution in [0.3, 0.4) is 0 Å². The summed E-state index contributed by atoms with van der Waals surface area (Å²) in [5.74, 6) is -0.415. The Hall–Kier alpha value is -2.62. The van der Waals surface area contributed by atoms with Crippen LogP contribution >= 0.6 is 0 Å². The maximum absolute atomic E-state index is 12.8. The van der Waals surface area contributed by atoms with Crippen molar-refractivity contribution in [3.05, 3.63) is 60.2 Å². The fraction of sp³-hybridized carbons (Fsp3) is 0.176. The lowest BCUT2D eigenvalue weighted by Gasteiger charge is -2.23. The summed E-state index contributed by atoms with van der Waals surface area (Å²) < 4.78 is 0. The zero-order chi connectivity index (χ0) is 14.8. The summed E-state index contributed by atoms with van der Waals surface area (Å²) in [5.41, 5.74) is 2.04. The van der Waals surface area contributed by atoms with Crippen molar-refractivity contribution >= 4 is 23.2 Å². The second kappa shape index (κ2) is 5.40. The Bertz CT molecular complexity index is 682. The van der Waals surface area contributed by atoms with Crippen molar-refractivity contribution in [2.24, 2.45) is 5.92 Å². The maximum Gasteiger partial charge on any atom is 0.258 e. The van der Waals surface area contributed by atoms with E-state index in [0.717, 1.165) is 5.69 Å². The first-order valence-electron chi connectivity index (χ1n) is 6.93. The van der Waals surface area contributed by atoms with Crippen molar-refractivity contribution in [3.8, 4) is 0 Å². The predicted octanol–water partition coefficient (Wildman–Crippen LogP) is 2.92. The van der Waals surface area contributed by atoms with Crippen molar-refractivity contribution in [1.82, 2.24) is 0 Å². The van der Waals surface area contributed by atoms with Gasteiger partial charge in [0.1, 0.15) is 0 Å². The number of fused-ring (bicyclic) bond motifs is 1. The quantitative estimate of drug-likeness (QED) is 0.873. The van der Waals surface area contributed by atoms with Crippen LogP contribution in [0.1, 0.15) is 17.3 Å². The number of carbonyl (C=O) groups excluding carboxylic acids is 2. The molecule has 0 fully saturated rings. The number of nitrogens with zero attached hydrogens (tertiary/aromatic N) is 1. The average molecular weight is 280 g/mol. The van der Waals surface area contributed by atoms with Gasteiger partial charge in [-0.2, -0.15) is 0 Å². The molecular weight excluding hydrogens is 264 g/mol. The largest absolute Gasteiger partial charge is 0.324 e. The van der Waals surface area contributed by atoms with Gasteiger partial charge in [-0.25, -0.2) is 0 Å². The molecule has 1 heterocycles. The summed E-state index contributed by atoms with van der Waals surface area (Å²) in [4.78, 5) is 26.5. The number of hydrogen-bond donors (Lipinski definition) is 1. The summed E-state index contributed by atoms with van der Waals surface area (Å²) in [6, 6.07) is 16.5. The van der Waals surface area contributed by atoms with Crippen LogP contribution in [-0.4, -0.2) is 18.4 Å². The van der Waals surface area contributed by atoms with E-state index >= 15 is 0 Å². The van der Waals surface area contributed by atoms with Crippen LogP contribution in [0.25, 0.3) is 0 Å². The van der Waals surface area contributed by atoms with Crippen LogP contribution in [0.15, 0.2) is 54.6 Å². The number of nitrogens with one attached hydrogen (secondary N) is 1. The fourth-order valence-corrected chi connectivity index (χ4v) is 2.45. The lowest BCUT2D eigenvalue weighted by molar-refractivity contribution is -0.119. The Morgan fingerprint density at radius 1 is 1.10 bits per heavy atom. The topological polar surface area (TPSA) is 49.4 Å². The molecule has 1 aliphatic heterocycles. The first kappa shape index (κ1) is 13.4. The number of benzene rings is 2. The average Bonchev–Trinajstić information content (AvgIpc) is 2.65. The molecule has 4 nitrogen and oxygen atoms in total. The van der Waals surface area contributed by atoms with Gasteiger partial charge in [-0.3, -0.25) is 9.59 Å². The van der Waals surface area contributed by atoms with Crippen molar-refractivity contribution < 1.29 is 9.59 Å². The number of para-hydroxylation sites is 2. The highest BCUT2D eigenvalue weighted by atomic mass is 16.2. The van der Waals surface area contributed by atoms with Crippen LogP contribution in [0.2, 0.25) is 0 Å². The van der Waals surface area contributed by atoms with Gasteiger partial charge in [0.25, 0.3) is 5.91 Å². The van der Waals surface area contributed by atoms with E-state index in [9.17, 15) is 9.59 Å². The molecule has 1 aliphatic rings. The van der Waals surface area contributed by atoms with Crippen molar-refractivity contribution in [2.75, 3.05) is 16.8 Å². The third kappa shape index (κ3) is 2.52. The van der Waals surface area contributed by atoms with E-state index in [1.54, 1.807) is 17.0 Å². The molecule has 2 amide bonds. The van der Waals surface area contributed by atoms with E-state index in [-0.39, 0.29) is 17.7 Å². The minimum absolute atomic E-state index is 0.0641. The molecule has 3 rings (SSSR count). The first-order valence-corrected chi connectivity index (χ1v) is 6.93. The SMILES string of the molecule is C[C@H]1CN(C(=O)c2ccccc2)c2ccccc2NC1=O. The van der Waals surface area contributed by atoms with E-state index in [1.165, 1.54) is 0 Å². The molecule has 4 heteroatoms. The summed E-state index contributed by atoms with van der Waals surface area (Å²) in [5, 5.41) is 2.88. The van der Waals surface area contributed by atoms with Crippen LogP contribution < -0.4 is 10.2 Å². The highest BCUT2D eigenvalue weighted by Crippen LogP contribution is 2.30. The molecule has 2 aromatic carbocycles. The summed E-state index contributed by atoms with van der Waals surface area (Å²) >= 11 is 0. The standard InChI is InChI=1S/C17H16N2O2/c1-12-11-19(17(21)13-7-3-2-4-8-13)15-10-6-5-9-14(15)18-16(12)20/h2-10,12H,11H2,1H3,(H,18,20)/t12-/m0/s1. The molecule has 1 N–H and O–H groups in total. The molecule has 0 bridgehead atoms. The number of carbonyl (C=O) groups is 2. The Morgan fingerprint density at radius 2 is 1.76 bits per heavy atom. The van der Waals surface area contributed by atoms with Gasteiger partial charge in [0.05, 0.1) is 17.3 Å². The number of hydrogen-bond acceptors (Lipinski definition) is 2. The summed E-state index contributed by atoms with van der Waals surface area (Å²) in [6.07, 6.45) is 0. The third-order valence-electron chi connectivity index (χ3n) is 3.62. The molecule has 21 heavy (non-hydrogen) atoms. The van der Waals surface area contributed by atoms with Gasteiger partial charge in [0, 0.05) is 12.1 Å². The van der Waals surface area contributed by atoms with E-state index in [1.807, 2.05) is 49.4 Å². The minimum Gasteiger partial charge on any atom is -0.324 e. The van der Waals surface area contributed by atoms with E-state index < -0.39 is 0 Å². The van der Waals surface area contributed by atoms with Gasteiger partial charge in [-0.1, -0.05) is 37.3 Å². The zero-order valence-corrected chi connectivity index (χ0v) is 11.7. The van der Waals surface area contributed by atoms with Crippen LogP contribution in [0, 0.1) is 5.92 Å². The van der Waals surface area contributed by atoms with E-state index in [4.69, 9.17) is 0 Å². The molecule has 106 valence electrons. The van der Waals surface area contributed by atoms with Gasteiger partial charge < -0.3 is 10.2 Å². The normalized spacial score (nSPS) is 17.7. The smallest absolute Gasteiger partial charge is 0.258 e. The third-order valence-corrected chi connectivity index (χ3v) is 3.62. The Kier molecular flexibility index (Phi) is 3.44. The van der Waals surface area contributed by atoms with Crippen LogP contribution in [0.4, 0.5) is 11.4 Å². The van der Waals surface area contributed by atoms with Gasteiger partial charge in [0.2, 0.25) is 5.91 Å². The van der Waals surface area contributed by atoms with Gasteiger partial charge in [-0.15, -0.1) is 0 Å². The molecule has 0 radical (unpaired) electrons. The molecular formula is C17H16N2O2. The lowest BCUT2D eigenvalue weighted by Crippen LogP contribution is -2.35. The summed E-state index contributed by atoms with van der Waals surface area (Å²) in [7, 11) is 0. The highest BCUT2D eigenvalue weighted by molar-refractivity contribution is 6.10. The highest BCUT2D eigenvalue weighted by Gasteiger charge is 2.28. The molecule has 1 atom stereocenters. The zero-order valence-electron chi connectivity index (χ0n) is 11.7. The second-order valence-electron chi connectivity index (χ2n) is 5.19. The van der Waals surface area contributed by atoms with Gasteiger partial charge in [0.15, 0.2) is 0 Å². The van der Waals surface area contributed by atoms with Gasteiger partial charge >= 0.3 is 0 Å². The molecule has 0 saturated carbocycles. The molecule has 2 aromatic rings. The Morgan fingerprint density at radius 3 is 2.52 bits per heavy atom. The van der Waals surface area contributed by atoms with Crippen molar-refractivity contribution in [2.45, 2.75) is 6.92 Å². The fourth-order valence-electron chi connectivity index (χ4n) is 2.45. The summed E-state index contributed by atoms with van der Waals surface area (Å²) in [6.45, 7) is 2.20. The monoisotopic (exact) mass is 280 g/mol. The number of anilines is 2. The van der Waals surface area contributed by atoms with Crippen molar-refractivity contribution in [3.63, 3.8) is 0 Å². The van der Waals surface area contributed by atoms with E-state index in [2.05, 4.69) is 5.32 Å². The molecule has 0 saturated heterocycles. The molecule has 0 unspecified atom stereocenters. The molecule has 0 aromatic heterocycles. The van der Waals surface area contributed by atoms with Crippen LogP contribution in [0.5, 0.6) is 0 Å². The Balaban J connectivity index is 2.04. The minimum atomic E-state index is -0.259. The predicted molar refractivity (Wildman–Crippen MR) is 82.4 cm³/mol. The van der Waals surface area contributed by atoms with Crippen LogP contribution in [-0.2, 0) is 4.79 Å². The lowest BCUT2D eigenvalue weighted by atomic mass is 10.1.